The van der Waals surface area contributed by atoms with Gasteiger partial charge in [0.25, 0.3) is 0 Å². The summed E-state index contributed by atoms with van der Waals surface area (Å²) in [6.07, 6.45) is 10.8. The summed E-state index contributed by atoms with van der Waals surface area (Å²) < 4.78 is 2.03. The van der Waals surface area contributed by atoms with E-state index in [0.717, 1.165) is 12.2 Å². The number of imidazole rings is 1. The van der Waals surface area contributed by atoms with Gasteiger partial charge in [0.05, 0.1) is 6.33 Å². The molecule has 0 aliphatic heterocycles. The van der Waals surface area contributed by atoms with Crippen LogP contribution in [-0.4, -0.2) is 9.55 Å². The third-order valence-corrected chi connectivity index (χ3v) is 5.34. The fourth-order valence-corrected chi connectivity index (χ4v) is 3.70. The van der Waals surface area contributed by atoms with Gasteiger partial charge in [0.2, 0.25) is 0 Å². The van der Waals surface area contributed by atoms with Crippen molar-refractivity contribution in [2.45, 2.75) is 45.2 Å². The van der Waals surface area contributed by atoms with Crippen LogP contribution >= 0.6 is 0 Å². The summed E-state index contributed by atoms with van der Waals surface area (Å²) in [6.45, 7) is 3.31. The largest absolute Gasteiger partial charge is 0.337 e. The zero-order valence-electron chi connectivity index (χ0n) is 14.9. The molecule has 4 rings (SSSR count). The number of benzene rings is 2. The standard InChI is InChI=1S/C22H25N3/c1-17(20-9-8-19-4-2-3-5-21(19)14-20)24-15-18-6-10-22(11-7-18)25-13-12-23-16-25/h6-14,16-17,24H,2-5,15H2,1H3/p+1/t17-/m1/s1. The Kier molecular flexibility index (Phi) is 4.66. The second-order valence-corrected chi connectivity index (χ2v) is 7.10. The van der Waals surface area contributed by atoms with E-state index >= 15 is 0 Å². The van der Waals surface area contributed by atoms with Crippen LogP contribution in [0.25, 0.3) is 5.69 Å². The van der Waals surface area contributed by atoms with Crippen LogP contribution in [0.5, 0.6) is 0 Å². The molecule has 25 heavy (non-hydrogen) atoms. The number of nitrogens with zero attached hydrogens (tertiary/aromatic N) is 2. The van der Waals surface area contributed by atoms with E-state index in [-0.39, 0.29) is 0 Å². The molecule has 3 aromatic rings. The SMILES string of the molecule is C[C@@H]([NH2+]Cc1ccc(-n2ccnc2)cc1)c1ccc2c(c1)CCCC2. The Balaban J connectivity index is 1.39. The van der Waals surface area contributed by atoms with Crippen molar-refractivity contribution in [1.29, 1.82) is 0 Å². The average molecular weight is 332 g/mol. The van der Waals surface area contributed by atoms with Crippen LogP contribution in [0.1, 0.15) is 48.1 Å². The number of hydrogen-bond donors (Lipinski definition) is 1. The van der Waals surface area contributed by atoms with Crippen molar-refractivity contribution in [3.05, 3.63) is 83.4 Å². The summed E-state index contributed by atoms with van der Waals surface area (Å²) in [7, 11) is 0. The van der Waals surface area contributed by atoms with Crippen LogP contribution in [0.15, 0.2) is 61.2 Å². The first-order valence-corrected chi connectivity index (χ1v) is 9.32. The van der Waals surface area contributed by atoms with Gasteiger partial charge in [-0.15, -0.1) is 0 Å². The van der Waals surface area contributed by atoms with Crippen molar-refractivity contribution in [3.8, 4) is 5.69 Å². The zero-order valence-corrected chi connectivity index (χ0v) is 14.9. The molecule has 2 aromatic carbocycles. The van der Waals surface area contributed by atoms with Gasteiger partial charge in [-0.1, -0.05) is 24.3 Å². The highest BCUT2D eigenvalue weighted by Crippen LogP contribution is 2.23. The van der Waals surface area contributed by atoms with E-state index in [1.807, 2.05) is 23.3 Å². The second-order valence-electron chi connectivity index (χ2n) is 7.10. The Morgan fingerprint density at radius 3 is 2.60 bits per heavy atom. The number of hydrogen-bond acceptors (Lipinski definition) is 1. The minimum absolute atomic E-state index is 0.487. The van der Waals surface area contributed by atoms with Crippen molar-refractivity contribution < 1.29 is 5.32 Å². The summed E-state index contributed by atoms with van der Waals surface area (Å²) in [4.78, 5) is 4.10. The molecule has 1 atom stereocenters. The number of fused-ring (bicyclic) bond motifs is 1. The minimum Gasteiger partial charge on any atom is -0.337 e. The van der Waals surface area contributed by atoms with Crippen molar-refractivity contribution in [2.75, 3.05) is 0 Å². The summed E-state index contributed by atoms with van der Waals surface area (Å²) in [5, 5.41) is 2.43. The molecule has 2 N–H and O–H groups in total. The van der Waals surface area contributed by atoms with Gasteiger partial charge in [-0.05, 0) is 61.9 Å². The van der Waals surface area contributed by atoms with E-state index in [2.05, 4.69) is 59.7 Å². The molecule has 3 nitrogen and oxygen atoms in total. The Morgan fingerprint density at radius 2 is 1.84 bits per heavy atom. The molecule has 0 unspecified atom stereocenters. The predicted octanol–water partition coefficient (Wildman–Crippen LogP) is 3.58. The molecule has 0 radical (unpaired) electrons. The van der Waals surface area contributed by atoms with E-state index in [1.54, 1.807) is 11.1 Å². The molecule has 0 fully saturated rings. The molecule has 0 bridgehead atoms. The third-order valence-electron chi connectivity index (χ3n) is 5.34. The molecule has 0 spiro atoms. The fraction of sp³-hybridized carbons (Fsp3) is 0.318. The maximum atomic E-state index is 4.10. The smallest absolute Gasteiger partial charge is 0.109 e. The number of aromatic nitrogens is 2. The maximum absolute atomic E-state index is 4.10. The van der Waals surface area contributed by atoms with E-state index in [4.69, 9.17) is 0 Å². The molecule has 128 valence electrons. The van der Waals surface area contributed by atoms with E-state index < -0.39 is 0 Å². The highest BCUT2D eigenvalue weighted by Gasteiger charge is 2.14. The topological polar surface area (TPSA) is 34.4 Å². The van der Waals surface area contributed by atoms with Crippen LogP contribution in [0.4, 0.5) is 0 Å². The average Bonchev–Trinajstić information content (AvgIpc) is 3.21. The van der Waals surface area contributed by atoms with Gasteiger partial charge < -0.3 is 9.88 Å². The van der Waals surface area contributed by atoms with Gasteiger partial charge in [-0.25, -0.2) is 4.98 Å². The first-order chi connectivity index (χ1) is 12.3. The highest BCUT2D eigenvalue weighted by atomic mass is 15.0. The van der Waals surface area contributed by atoms with Crippen molar-refractivity contribution in [2.24, 2.45) is 0 Å². The summed E-state index contributed by atoms with van der Waals surface area (Å²) in [5.41, 5.74) is 7.11. The van der Waals surface area contributed by atoms with E-state index in [9.17, 15) is 0 Å². The Morgan fingerprint density at radius 1 is 1.04 bits per heavy atom. The van der Waals surface area contributed by atoms with E-state index in [0.29, 0.717) is 6.04 Å². The molecule has 1 aliphatic carbocycles. The van der Waals surface area contributed by atoms with Crippen molar-refractivity contribution >= 4 is 0 Å². The Bertz CT molecular complexity index is 819. The van der Waals surface area contributed by atoms with Gasteiger partial charge in [0.1, 0.15) is 12.6 Å². The molecular weight excluding hydrogens is 306 g/mol. The van der Waals surface area contributed by atoms with Gasteiger partial charge >= 0.3 is 0 Å². The molecule has 0 amide bonds. The fourth-order valence-electron chi connectivity index (χ4n) is 3.70. The van der Waals surface area contributed by atoms with Crippen molar-refractivity contribution in [3.63, 3.8) is 0 Å². The highest BCUT2D eigenvalue weighted by molar-refractivity contribution is 5.35. The van der Waals surface area contributed by atoms with Gasteiger partial charge in [-0.2, -0.15) is 0 Å². The lowest BCUT2D eigenvalue weighted by Crippen LogP contribution is -2.83. The lowest BCUT2D eigenvalue weighted by Gasteiger charge is -2.18. The lowest BCUT2D eigenvalue weighted by molar-refractivity contribution is -0.707. The molecule has 0 saturated heterocycles. The Labute approximate surface area is 149 Å². The summed E-state index contributed by atoms with van der Waals surface area (Å²) in [6, 6.07) is 16.4. The van der Waals surface area contributed by atoms with Crippen LogP contribution < -0.4 is 5.32 Å². The van der Waals surface area contributed by atoms with Crippen LogP contribution in [-0.2, 0) is 19.4 Å². The summed E-state index contributed by atoms with van der Waals surface area (Å²) >= 11 is 0. The number of quaternary nitrogens is 1. The van der Waals surface area contributed by atoms with Crippen LogP contribution in [0, 0.1) is 0 Å². The molecule has 0 saturated carbocycles. The monoisotopic (exact) mass is 332 g/mol. The first kappa shape index (κ1) is 16.1. The molecule has 1 heterocycles. The van der Waals surface area contributed by atoms with Gasteiger partial charge in [0, 0.05) is 29.2 Å². The van der Waals surface area contributed by atoms with Crippen LogP contribution in [0.2, 0.25) is 0 Å². The minimum atomic E-state index is 0.487. The number of rotatable bonds is 5. The van der Waals surface area contributed by atoms with Gasteiger partial charge in [-0.3, -0.25) is 0 Å². The first-order valence-electron chi connectivity index (χ1n) is 9.32. The molecule has 3 heteroatoms. The van der Waals surface area contributed by atoms with Crippen LogP contribution in [0.3, 0.4) is 0 Å². The summed E-state index contributed by atoms with van der Waals surface area (Å²) in [5.74, 6) is 0. The predicted molar refractivity (Wildman–Crippen MR) is 101 cm³/mol. The van der Waals surface area contributed by atoms with Gasteiger partial charge in [0.15, 0.2) is 0 Å². The molecule has 1 aromatic heterocycles. The normalized spacial score (nSPS) is 14.9. The second kappa shape index (κ2) is 7.24. The van der Waals surface area contributed by atoms with E-state index in [1.165, 1.54) is 36.8 Å². The lowest BCUT2D eigenvalue weighted by atomic mass is 9.89. The molecular formula is C22H26N3+. The Hall–Kier alpha value is -2.39. The number of aryl methyl sites for hydroxylation is 2. The zero-order chi connectivity index (χ0) is 17.1. The third kappa shape index (κ3) is 3.67. The van der Waals surface area contributed by atoms with Crippen molar-refractivity contribution in [1.82, 2.24) is 9.55 Å². The number of nitrogens with two attached hydrogens (primary N) is 1. The molecule has 1 aliphatic rings. The quantitative estimate of drug-likeness (QED) is 0.761. The maximum Gasteiger partial charge on any atom is 0.109 e.